The van der Waals surface area contributed by atoms with Crippen molar-refractivity contribution in [2.75, 3.05) is 13.6 Å². The second kappa shape index (κ2) is 6.73. The average molecular weight is 258 g/mol. The number of unbranched alkanes of at least 4 members (excludes halogenated alkanes) is 1. The summed E-state index contributed by atoms with van der Waals surface area (Å²) in [5, 5.41) is 8.57. The maximum Gasteiger partial charge on any atom is 0.0622 e. The molecule has 0 aliphatic carbocycles. The number of aryl methyl sites for hydroxylation is 1. The fourth-order valence-corrected chi connectivity index (χ4v) is 2.11. The number of hydrogen-bond acceptors (Lipinski definition) is 2. The van der Waals surface area contributed by atoms with Crippen LogP contribution in [0, 0.1) is 18.3 Å². The molecule has 0 heterocycles. The summed E-state index contributed by atoms with van der Waals surface area (Å²) in [7, 11) is 2.13. The molecule has 0 N–H and O–H groups in total. The largest absolute Gasteiger partial charge is 0.302 e. The van der Waals surface area contributed by atoms with Crippen LogP contribution in [0.1, 0.15) is 50.3 Å². The quantitative estimate of drug-likeness (QED) is 0.746. The molecule has 0 amide bonds. The Bertz CT molecular complexity index is 449. The van der Waals surface area contributed by atoms with Gasteiger partial charge in [0.05, 0.1) is 6.07 Å². The monoisotopic (exact) mass is 258 g/mol. The van der Waals surface area contributed by atoms with E-state index in [1.165, 1.54) is 16.7 Å². The Morgan fingerprint density at radius 3 is 2.53 bits per heavy atom. The molecular formula is C17H26N2. The highest BCUT2D eigenvalue weighted by Gasteiger charge is 2.15. The molecule has 0 bridgehead atoms. The summed E-state index contributed by atoms with van der Waals surface area (Å²) in [5.41, 5.74) is 4.33. The lowest BCUT2D eigenvalue weighted by Gasteiger charge is -2.23. The summed E-state index contributed by atoms with van der Waals surface area (Å²) < 4.78 is 0. The lowest BCUT2D eigenvalue weighted by Crippen LogP contribution is -2.20. The molecule has 0 fully saturated rings. The van der Waals surface area contributed by atoms with Gasteiger partial charge in [0.1, 0.15) is 0 Å². The fraction of sp³-hybridized carbons (Fsp3) is 0.588. The van der Waals surface area contributed by atoms with Crippen LogP contribution < -0.4 is 0 Å². The average Bonchev–Trinajstić information content (AvgIpc) is 2.31. The van der Waals surface area contributed by atoms with Gasteiger partial charge in [0, 0.05) is 13.0 Å². The van der Waals surface area contributed by atoms with Crippen molar-refractivity contribution in [1.29, 1.82) is 5.26 Å². The molecular weight excluding hydrogens is 232 g/mol. The van der Waals surface area contributed by atoms with Crippen LogP contribution in [0.3, 0.4) is 0 Å². The highest BCUT2D eigenvalue weighted by molar-refractivity contribution is 5.34. The normalized spacial score (nSPS) is 11.6. The van der Waals surface area contributed by atoms with Crippen LogP contribution in [0.15, 0.2) is 18.2 Å². The van der Waals surface area contributed by atoms with Crippen LogP contribution in [0.4, 0.5) is 0 Å². The molecule has 2 heteroatoms. The molecule has 0 radical (unpaired) electrons. The van der Waals surface area contributed by atoms with Crippen molar-refractivity contribution in [1.82, 2.24) is 4.90 Å². The molecule has 1 aromatic carbocycles. The molecule has 0 saturated carbocycles. The van der Waals surface area contributed by atoms with E-state index in [2.05, 4.69) is 63.9 Å². The van der Waals surface area contributed by atoms with Gasteiger partial charge in [0.2, 0.25) is 0 Å². The minimum atomic E-state index is 0.196. The van der Waals surface area contributed by atoms with E-state index in [-0.39, 0.29) is 5.41 Å². The summed E-state index contributed by atoms with van der Waals surface area (Å²) in [6.07, 6.45) is 1.59. The molecule has 0 atom stereocenters. The topological polar surface area (TPSA) is 27.0 Å². The predicted octanol–water partition coefficient (Wildman–Crippen LogP) is 4.03. The van der Waals surface area contributed by atoms with Crippen LogP contribution in [0.25, 0.3) is 0 Å². The van der Waals surface area contributed by atoms with Crippen LogP contribution in [-0.4, -0.2) is 18.5 Å². The van der Waals surface area contributed by atoms with Gasteiger partial charge in [-0.05, 0) is 49.0 Å². The number of rotatable bonds is 5. The van der Waals surface area contributed by atoms with Crippen molar-refractivity contribution in [3.05, 3.63) is 34.9 Å². The molecule has 1 rings (SSSR count). The summed E-state index contributed by atoms with van der Waals surface area (Å²) in [6.45, 7) is 10.9. The van der Waals surface area contributed by atoms with Crippen molar-refractivity contribution in [2.24, 2.45) is 0 Å². The standard InChI is InChI=1S/C17H26N2/c1-14-8-9-16(17(2,3)4)12-15(14)13-19(5)11-7-6-10-18/h8-9,12H,6-7,11,13H2,1-5H3. The van der Waals surface area contributed by atoms with Gasteiger partial charge < -0.3 is 4.90 Å². The Morgan fingerprint density at radius 2 is 1.95 bits per heavy atom. The number of nitriles is 1. The first-order valence-corrected chi connectivity index (χ1v) is 7.00. The number of benzene rings is 1. The van der Waals surface area contributed by atoms with Crippen LogP contribution >= 0.6 is 0 Å². The van der Waals surface area contributed by atoms with E-state index in [1.807, 2.05) is 0 Å². The maximum absolute atomic E-state index is 8.57. The first-order chi connectivity index (χ1) is 8.84. The van der Waals surface area contributed by atoms with E-state index in [0.717, 1.165) is 19.5 Å². The van der Waals surface area contributed by atoms with Gasteiger partial charge in [0.15, 0.2) is 0 Å². The predicted molar refractivity (Wildman–Crippen MR) is 81.1 cm³/mol. The Labute approximate surface area is 118 Å². The molecule has 0 aromatic heterocycles. The highest BCUT2D eigenvalue weighted by Crippen LogP contribution is 2.25. The molecule has 0 saturated heterocycles. The first-order valence-electron chi connectivity index (χ1n) is 7.00. The zero-order valence-electron chi connectivity index (χ0n) is 13.0. The van der Waals surface area contributed by atoms with Crippen molar-refractivity contribution in [3.8, 4) is 6.07 Å². The van der Waals surface area contributed by atoms with Gasteiger partial charge >= 0.3 is 0 Å². The van der Waals surface area contributed by atoms with E-state index >= 15 is 0 Å². The van der Waals surface area contributed by atoms with Crippen molar-refractivity contribution < 1.29 is 0 Å². The SMILES string of the molecule is Cc1ccc(C(C)(C)C)cc1CN(C)CCCC#N. The summed E-state index contributed by atoms with van der Waals surface area (Å²) in [6, 6.07) is 8.98. The van der Waals surface area contributed by atoms with E-state index < -0.39 is 0 Å². The molecule has 0 aliphatic rings. The van der Waals surface area contributed by atoms with Crippen LogP contribution in [-0.2, 0) is 12.0 Å². The zero-order chi connectivity index (χ0) is 14.5. The summed E-state index contributed by atoms with van der Waals surface area (Å²) in [5.74, 6) is 0. The zero-order valence-corrected chi connectivity index (χ0v) is 13.0. The molecule has 1 aromatic rings. The lowest BCUT2D eigenvalue weighted by atomic mass is 9.85. The van der Waals surface area contributed by atoms with Crippen molar-refractivity contribution in [3.63, 3.8) is 0 Å². The third-order valence-corrected chi connectivity index (χ3v) is 3.48. The van der Waals surface area contributed by atoms with Gasteiger partial charge in [0.25, 0.3) is 0 Å². The van der Waals surface area contributed by atoms with E-state index in [4.69, 9.17) is 5.26 Å². The summed E-state index contributed by atoms with van der Waals surface area (Å²) >= 11 is 0. The smallest absolute Gasteiger partial charge is 0.0622 e. The Balaban J connectivity index is 2.75. The molecule has 0 aliphatic heterocycles. The molecule has 0 spiro atoms. The third kappa shape index (κ3) is 5.04. The van der Waals surface area contributed by atoms with E-state index in [1.54, 1.807) is 0 Å². The maximum atomic E-state index is 8.57. The van der Waals surface area contributed by atoms with Crippen molar-refractivity contribution in [2.45, 2.75) is 52.5 Å². The van der Waals surface area contributed by atoms with E-state index in [0.29, 0.717) is 6.42 Å². The third-order valence-electron chi connectivity index (χ3n) is 3.48. The van der Waals surface area contributed by atoms with Gasteiger partial charge in [-0.2, -0.15) is 5.26 Å². The second-order valence-electron chi connectivity index (χ2n) is 6.39. The van der Waals surface area contributed by atoms with Gasteiger partial charge in [-0.3, -0.25) is 0 Å². The minimum Gasteiger partial charge on any atom is -0.302 e. The molecule has 19 heavy (non-hydrogen) atoms. The van der Waals surface area contributed by atoms with Gasteiger partial charge in [-0.25, -0.2) is 0 Å². The fourth-order valence-electron chi connectivity index (χ4n) is 2.11. The molecule has 0 unspecified atom stereocenters. The number of hydrogen-bond donors (Lipinski definition) is 0. The minimum absolute atomic E-state index is 0.196. The summed E-state index contributed by atoms with van der Waals surface area (Å²) in [4.78, 5) is 2.30. The Kier molecular flexibility index (Phi) is 5.57. The Morgan fingerprint density at radius 1 is 1.26 bits per heavy atom. The van der Waals surface area contributed by atoms with Crippen LogP contribution in [0.5, 0.6) is 0 Å². The highest BCUT2D eigenvalue weighted by atomic mass is 15.1. The second-order valence-corrected chi connectivity index (χ2v) is 6.39. The van der Waals surface area contributed by atoms with Crippen molar-refractivity contribution >= 4 is 0 Å². The first kappa shape index (κ1) is 15.7. The van der Waals surface area contributed by atoms with Gasteiger partial charge in [-0.1, -0.05) is 39.0 Å². The van der Waals surface area contributed by atoms with E-state index in [9.17, 15) is 0 Å². The van der Waals surface area contributed by atoms with Crippen LogP contribution in [0.2, 0.25) is 0 Å². The lowest BCUT2D eigenvalue weighted by molar-refractivity contribution is 0.322. The number of nitrogens with zero attached hydrogens (tertiary/aromatic N) is 2. The van der Waals surface area contributed by atoms with Gasteiger partial charge in [-0.15, -0.1) is 0 Å². The molecule has 104 valence electrons. The Hall–Kier alpha value is -1.33. The molecule has 2 nitrogen and oxygen atoms in total.